The number of thiol groups is 2. The fourth-order valence-corrected chi connectivity index (χ4v) is 0.600. The van der Waals surface area contributed by atoms with Crippen LogP contribution in [0.1, 0.15) is 0 Å². The number of aliphatic hydroxyl groups is 1. The van der Waals surface area contributed by atoms with Gasteiger partial charge in [-0.3, -0.25) is 0 Å². The lowest BCUT2D eigenvalue weighted by atomic mass is 11.7. The summed E-state index contributed by atoms with van der Waals surface area (Å²) in [7, 11) is -6.65. The summed E-state index contributed by atoms with van der Waals surface area (Å²) in [6, 6.07) is 0. The van der Waals surface area contributed by atoms with Crippen LogP contribution in [0.5, 0.6) is 0 Å². The molecule has 0 spiro atoms. The standard InChI is InChI=1S/CH3O5S2/c2-1(7(3)4)8(5)6/h2,7-8H. The van der Waals surface area contributed by atoms with E-state index >= 15 is 0 Å². The maximum atomic E-state index is 9.51. The van der Waals surface area contributed by atoms with Gasteiger partial charge in [-0.25, -0.2) is 16.8 Å². The molecule has 0 aromatic carbocycles. The molecule has 0 aliphatic rings. The highest BCUT2D eigenvalue weighted by Gasteiger charge is 2.09. The minimum atomic E-state index is -3.33. The van der Waals surface area contributed by atoms with E-state index in [1.54, 1.807) is 0 Å². The summed E-state index contributed by atoms with van der Waals surface area (Å²) in [5, 5.41) is 7.93. The number of hydrogen-bond acceptors (Lipinski definition) is 5. The van der Waals surface area contributed by atoms with Gasteiger partial charge >= 0.3 is 4.77 Å². The minimum absolute atomic E-state index is 1.49. The third kappa shape index (κ3) is 2.24. The quantitative estimate of drug-likeness (QED) is 0.407. The van der Waals surface area contributed by atoms with Crippen LogP contribution >= 0.6 is 0 Å². The summed E-state index contributed by atoms with van der Waals surface area (Å²) >= 11 is 0. The molecule has 0 saturated heterocycles. The molecule has 5 nitrogen and oxygen atoms in total. The Morgan fingerprint density at radius 2 is 1.25 bits per heavy atom. The molecule has 0 unspecified atom stereocenters. The van der Waals surface area contributed by atoms with E-state index in [4.69, 9.17) is 5.11 Å². The monoisotopic (exact) mass is 159 g/mol. The zero-order valence-electron chi connectivity index (χ0n) is 3.47. The normalized spacial score (nSPS) is 11.5. The van der Waals surface area contributed by atoms with Crippen LogP contribution < -0.4 is 0 Å². The summed E-state index contributed by atoms with van der Waals surface area (Å²) in [6.45, 7) is 0. The molecule has 0 aliphatic heterocycles. The van der Waals surface area contributed by atoms with Crippen LogP contribution in [-0.2, 0) is 21.4 Å². The molecule has 0 aromatic heterocycles. The molecule has 1 N–H and O–H groups in total. The van der Waals surface area contributed by atoms with E-state index in [0.29, 0.717) is 0 Å². The predicted octanol–water partition coefficient (Wildman–Crippen LogP) is -1.97. The smallest absolute Gasteiger partial charge is 0.321 e. The van der Waals surface area contributed by atoms with Crippen molar-refractivity contribution in [1.82, 2.24) is 0 Å². The van der Waals surface area contributed by atoms with Crippen LogP contribution in [0.2, 0.25) is 0 Å². The number of hydrogen-bond donors (Lipinski definition) is 3. The van der Waals surface area contributed by atoms with Crippen molar-refractivity contribution in [3.63, 3.8) is 0 Å². The van der Waals surface area contributed by atoms with Crippen LogP contribution in [0, 0.1) is 4.77 Å². The largest absolute Gasteiger partial charge is 0.359 e. The Bertz CT molecular complexity index is 160. The Labute approximate surface area is 48.8 Å². The summed E-state index contributed by atoms with van der Waals surface area (Å²) in [5.74, 6) is 0. The van der Waals surface area contributed by atoms with Gasteiger partial charge in [-0.1, -0.05) is 0 Å². The Morgan fingerprint density at radius 3 is 1.25 bits per heavy atom. The SMILES string of the molecule is O=[SH](=O)[C](O)[SH](=O)=O. The highest BCUT2D eigenvalue weighted by Crippen LogP contribution is 1.91. The van der Waals surface area contributed by atoms with Crippen molar-refractivity contribution in [2.75, 3.05) is 0 Å². The van der Waals surface area contributed by atoms with Gasteiger partial charge in [-0.05, 0) is 0 Å². The van der Waals surface area contributed by atoms with Crippen molar-refractivity contribution in [2.45, 2.75) is 0 Å². The van der Waals surface area contributed by atoms with E-state index in [1.807, 2.05) is 0 Å². The second-order valence-electron chi connectivity index (χ2n) is 0.814. The van der Waals surface area contributed by atoms with Gasteiger partial charge in [0.1, 0.15) is 0 Å². The Morgan fingerprint density at radius 1 is 1.00 bits per heavy atom. The van der Waals surface area contributed by atoms with E-state index < -0.39 is 26.2 Å². The van der Waals surface area contributed by atoms with Crippen LogP contribution in [-0.4, -0.2) is 21.9 Å². The second kappa shape index (κ2) is 3.00. The molecule has 0 atom stereocenters. The molecule has 0 rings (SSSR count). The lowest BCUT2D eigenvalue weighted by Crippen LogP contribution is -1.98. The van der Waals surface area contributed by atoms with Crippen molar-refractivity contribution < 1.29 is 21.9 Å². The first-order valence-corrected chi connectivity index (χ1v) is 3.76. The molecular formula is CH3O5S2. The van der Waals surface area contributed by atoms with Gasteiger partial charge in [0.05, 0.1) is 0 Å². The molecule has 49 valence electrons. The average Bonchev–Trinajstić information content (AvgIpc) is 1.64. The van der Waals surface area contributed by atoms with Crippen LogP contribution in [0.3, 0.4) is 0 Å². The molecule has 8 heavy (non-hydrogen) atoms. The van der Waals surface area contributed by atoms with Crippen molar-refractivity contribution in [3.8, 4) is 0 Å². The third-order valence-corrected chi connectivity index (χ3v) is 1.96. The summed E-state index contributed by atoms with van der Waals surface area (Å²) in [5.41, 5.74) is 0. The van der Waals surface area contributed by atoms with Crippen molar-refractivity contribution in [2.24, 2.45) is 0 Å². The van der Waals surface area contributed by atoms with Crippen molar-refractivity contribution in [1.29, 1.82) is 0 Å². The molecular weight excluding hydrogens is 156 g/mol. The third-order valence-electron chi connectivity index (χ3n) is 0.327. The van der Waals surface area contributed by atoms with E-state index in [-0.39, 0.29) is 0 Å². The molecule has 0 amide bonds. The van der Waals surface area contributed by atoms with E-state index in [1.165, 1.54) is 0 Å². The molecule has 0 bridgehead atoms. The Hall–Kier alpha value is -0.140. The van der Waals surface area contributed by atoms with E-state index in [0.717, 1.165) is 0 Å². The van der Waals surface area contributed by atoms with Crippen molar-refractivity contribution >= 4 is 21.4 Å². The van der Waals surface area contributed by atoms with Gasteiger partial charge in [0.25, 0.3) is 0 Å². The number of aliphatic hydroxyl groups excluding tert-OH is 1. The Kier molecular flexibility index (Phi) is 2.95. The Balaban J connectivity index is 4.27. The molecule has 0 heterocycles. The van der Waals surface area contributed by atoms with Gasteiger partial charge < -0.3 is 5.11 Å². The van der Waals surface area contributed by atoms with Gasteiger partial charge in [0.2, 0.25) is 0 Å². The molecule has 1 radical (unpaired) electrons. The molecule has 7 heteroatoms. The highest BCUT2D eigenvalue weighted by molar-refractivity contribution is 7.94. The van der Waals surface area contributed by atoms with Gasteiger partial charge in [-0.15, -0.1) is 0 Å². The average molecular weight is 159 g/mol. The van der Waals surface area contributed by atoms with Crippen LogP contribution in [0.15, 0.2) is 0 Å². The van der Waals surface area contributed by atoms with Crippen molar-refractivity contribution in [3.05, 3.63) is 4.77 Å². The zero-order valence-corrected chi connectivity index (χ0v) is 5.26. The first-order valence-electron chi connectivity index (χ1n) is 1.40. The van der Waals surface area contributed by atoms with Gasteiger partial charge in [0, 0.05) is 0 Å². The van der Waals surface area contributed by atoms with Crippen LogP contribution in [0.25, 0.3) is 0 Å². The zero-order chi connectivity index (χ0) is 6.73. The minimum Gasteiger partial charge on any atom is -0.359 e. The summed E-state index contributed by atoms with van der Waals surface area (Å²) in [6.07, 6.45) is 0. The summed E-state index contributed by atoms with van der Waals surface area (Å²) < 4.78 is 36.5. The molecule has 0 saturated carbocycles. The van der Waals surface area contributed by atoms with E-state index in [9.17, 15) is 16.8 Å². The first-order chi connectivity index (χ1) is 3.55. The predicted molar refractivity (Wildman–Crippen MR) is 25.8 cm³/mol. The molecule has 0 aromatic rings. The maximum absolute atomic E-state index is 9.51. The highest BCUT2D eigenvalue weighted by atomic mass is 32.2. The van der Waals surface area contributed by atoms with E-state index in [2.05, 4.69) is 0 Å². The van der Waals surface area contributed by atoms with Gasteiger partial charge in [-0.2, -0.15) is 0 Å². The fourth-order valence-electron chi connectivity index (χ4n) is 0.0667. The van der Waals surface area contributed by atoms with Gasteiger partial charge in [0.15, 0.2) is 21.4 Å². The molecule has 0 aliphatic carbocycles. The maximum Gasteiger partial charge on any atom is 0.321 e. The summed E-state index contributed by atoms with van der Waals surface area (Å²) in [4.78, 5) is 0. The second-order valence-corrected chi connectivity index (χ2v) is 3.04. The topological polar surface area (TPSA) is 88.5 Å². The number of rotatable bonds is 2. The molecule has 0 fully saturated rings. The lowest BCUT2D eigenvalue weighted by molar-refractivity contribution is 0.403. The first kappa shape index (κ1) is 7.86. The lowest BCUT2D eigenvalue weighted by Gasteiger charge is -1.82. The van der Waals surface area contributed by atoms with Crippen LogP contribution in [0.4, 0.5) is 0 Å². The fraction of sp³-hybridized carbons (Fsp3) is 0.